The van der Waals surface area contributed by atoms with Crippen LogP contribution in [-0.4, -0.2) is 33.8 Å². The first kappa shape index (κ1) is 14.7. The number of hydrogen-bond acceptors (Lipinski definition) is 4. The van der Waals surface area contributed by atoms with E-state index in [9.17, 15) is 4.79 Å². The van der Waals surface area contributed by atoms with E-state index < -0.39 is 0 Å². The first-order valence-corrected chi connectivity index (χ1v) is 7.62. The molecule has 1 aliphatic heterocycles. The second kappa shape index (κ2) is 6.27. The Hall–Kier alpha value is -2.21. The van der Waals surface area contributed by atoms with Crippen LogP contribution in [0.2, 0.25) is 0 Å². The molecule has 0 aromatic carbocycles. The van der Waals surface area contributed by atoms with Crippen LogP contribution in [0, 0.1) is 6.92 Å². The standard InChI is InChI=1S/C16H21N5O/c1-11-9-15(19-16(22)14-5-8-21(2)20-14)18-10-13(11)12-3-6-17-7-4-12/h5,8-10,12,17H,3-4,6-7H2,1-2H3,(H,18,19,22). The van der Waals surface area contributed by atoms with Crippen molar-refractivity contribution in [3.05, 3.63) is 41.3 Å². The largest absolute Gasteiger partial charge is 0.317 e. The number of aromatic nitrogens is 3. The molecule has 22 heavy (non-hydrogen) atoms. The minimum absolute atomic E-state index is 0.234. The smallest absolute Gasteiger partial charge is 0.277 e. The highest BCUT2D eigenvalue weighted by molar-refractivity contribution is 6.02. The van der Waals surface area contributed by atoms with E-state index in [0.29, 0.717) is 17.4 Å². The predicted molar refractivity (Wildman–Crippen MR) is 85.0 cm³/mol. The van der Waals surface area contributed by atoms with E-state index >= 15 is 0 Å². The Kier molecular flexibility index (Phi) is 4.20. The topological polar surface area (TPSA) is 71.8 Å². The van der Waals surface area contributed by atoms with E-state index in [1.807, 2.05) is 12.3 Å². The molecule has 1 saturated heterocycles. The number of nitrogens with one attached hydrogen (secondary N) is 2. The lowest BCUT2D eigenvalue weighted by atomic mass is 9.89. The van der Waals surface area contributed by atoms with Gasteiger partial charge in [-0.2, -0.15) is 5.10 Å². The molecule has 0 bridgehead atoms. The fourth-order valence-corrected chi connectivity index (χ4v) is 2.91. The molecule has 0 aliphatic carbocycles. The van der Waals surface area contributed by atoms with Gasteiger partial charge in [-0.25, -0.2) is 4.98 Å². The number of rotatable bonds is 3. The number of amides is 1. The minimum atomic E-state index is -0.234. The van der Waals surface area contributed by atoms with E-state index in [1.165, 1.54) is 11.1 Å². The molecule has 0 spiro atoms. The Morgan fingerprint density at radius 3 is 2.82 bits per heavy atom. The van der Waals surface area contributed by atoms with Crippen molar-refractivity contribution in [2.45, 2.75) is 25.7 Å². The molecule has 116 valence electrons. The van der Waals surface area contributed by atoms with E-state index in [-0.39, 0.29) is 5.91 Å². The van der Waals surface area contributed by atoms with Gasteiger partial charge < -0.3 is 10.6 Å². The summed E-state index contributed by atoms with van der Waals surface area (Å²) in [7, 11) is 1.78. The number of hydrogen-bond donors (Lipinski definition) is 2. The number of nitrogens with zero attached hydrogens (tertiary/aromatic N) is 3. The molecule has 1 amide bonds. The zero-order valence-electron chi connectivity index (χ0n) is 13.0. The summed E-state index contributed by atoms with van der Waals surface area (Å²) in [5, 5.41) is 10.3. The summed E-state index contributed by atoms with van der Waals surface area (Å²) in [6, 6.07) is 3.63. The van der Waals surface area contributed by atoms with Crippen molar-refractivity contribution in [2.75, 3.05) is 18.4 Å². The van der Waals surface area contributed by atoms with Gasteiger partial charge >= 0.3 is 0 Å². The van der Waals surface area contributed by atoms with Gasteiger partial charge in [-0.15, -0.1) is 0 Å². The van der Waals surface area contributed by atoms with Crippen LogP contribution in [-0.2, 0) is 7.05 Å². The Morgan fingerprint density at radius 2 is 2.18 bits per heavy atom. The summed E-state index contributed by atoms with van der Waals surface area (Å²) in [5.41, 5.74) is 2.86. The van der Waals surface area contributed by atoms with Crippen molar-refractivity contribution in [3.63, 3.8) is 0 Å². The summed E-state index contributed by atoms with van der Waals surface area (Å²) < 4.78 is 1.60. The summed E-state index contributed by atoms with van der Waals surface area (Å²) in [6.45, 7) is 4.19. The van der Waals surface area contributed by atoms with E-state index in [2.05, 4.69) is 27.6 Å². The molecule has 3 rings (SSSR count). The predicted octanol–water partition coefficient (Wildman–Crippen LogP) is 1.84. The van der Waals surface area contributed by atoms with Gasteiger partial charge in [-0.3, -0.25) is 9.48 Å². The number of carbonyl (C=O) groups excluding carboxylic acids is 1. The van der Waals surface area contributed by atoms with Crippen molar-refractivity contribution in [1.29, 1.82) is 0 Å². The normalized spacial score (nSPS) is 15.7. The van der Waals surface area contributed by atoms with Gasteiger partial charge in [0.15, 0.2) is 5.69 Å². The Morgan fingerprint density at radius 1 is 1.41 bits per heavy atom. The highest BCUT2D eigenvalue weighted by Gasteiger charge is 2.18. The Balaban J connectivity index is 1.72. The monoisotopic (exact) mass is 299 g/mol. The number of anilines is 1. The Bertz CT molecular complexity index is 673. The first-order valence-electron chi connectivity index (χ1n) is 7.62. The quantitative estimate of drug-likeness (QED) is 0.907. The van der Waals surface area contributed by atoms with Gasteiger partial charge in [0, 0.05) is 19.4 Å². The van der Waals surface area contributed by atoms with Crippen LogP contribution in [0.4, 0.5) is 5.82 Å². The van der Waals surface area contributed by atoms with Gasteiger partial charge in [-0.1, -0.05) is 0 Å². The second-order valence-electron chi connectivity index (χ2n) is 5.78. The molecule has 1 aliphatic rings. The third-order valence-corrected chi connectivity index (χ3v) is 4.12. The van der Waals surface area contributed by atoms with Crippen LogP contribution in [0.3, 0.4) is 0 Å². The van der Waals surface area contributed by atoms with Crippen molar-refractivity contribution in [3.8, 4) is 0 Å². The number of carbonyl (C=O) groups is 1. The lowest BCUT2D eigenvalue weighted by Gasteiger charge is -2.24. The molecule has 1 fully saturated rings. The molecule has 0 atom stereocenters. The maximum atomic E-state index is 12.1. The van der Waals surface area contributed by atoms with Gasteiger partial charge in [-0.05, 0) is 62.0 Å². The lowest BCUT2D eigenvalue weighted by Crippen LogP contribution is -2.27. The maximum absolute atomic E-state index is 12.1. The number of aryl methyl sites for hydroxylation is 2. The van der Waals surface area contributed by atoms with Crippen LogP contribution in [0.1, 0.15) is 40.4 Å². The van der Waals surface area contributed by atoms with E-state index in [1.54, 1.807) is 24.0 Å². The van der Waals surface area contributed by atoms with Gasteiger partial charge in [0.1, 0.15) is 5.82 Å². The highest BCUT2D eigenvalue weighted by atomic mass is 16.2. The van der Waals surface area contributed by atoms with Crippen molar-refractivity contribution in [2.24, 2.45) is 7.05 Å². The van der Waals surface area contributed by atoms with Crippen LogP contribution in [0.15, 0.2) is 24.5 Å². The lowest BCUT2D eigenvalue weighted by molar-refractivity contribution is 0.102. The fourth-order valence-electron chi connectivity index (χ4n) is 2.91. The molecule has 0 unspecified atom stereocenters. The SMILES string of the molecule is Cc1cc(NC(=O)c2ccn(C)n2)ncc1C1CCNCC1. The third-order valence-electron chi connectivity index (χ3n) is 4.12. The summed E-state index contributed by atoms with van der Waals surface area (Å²) in [4.78, 5) is 16.5. The molecule has 2 aromatic rings. The molecule has 3 heterocycles. The summed E-state index contributed by atoms with van der Waals surface area (Å²) >= 11 is 0. The first-order chi connectivity index (χ1) is 10.6. The summed E-state index contributed by atoms with van der Waals surface area (Å²) in [5.74, 6) is 0.905. The molecule has 0 saturated carbocycles. The molecule has 6 heteroatoms. The zero-order valence-corrected chi connectivity index (χ0v) is 13.0. The van der Waals surface area contributed by atoms with Crippen molar-refractivity contribution in [1.82, 2.24) is 20.1 Å². The maximum Gasteiger partial charge on any atom is 0.277 e. The molecular formula is C16H21N5O. The highest BCUT2D eigenvalue weighted by Crippen LogP contribution is 2.28. The molecule has 0 radical (unpaired) electrons. The van der Waals surface area contributed by atoms with Gasteiger partial charge in [0.2, 0.25) is 0 Å². The molecule has 2 aromatic heterocycles. The van der Waals surface area contributed by atoms with Crippen molar-refractivity contribution < 1.29 is 4.79 Å². The average Bonchev–Trinajstić information content (AvgIpc) is 2.95. The number of piperidine rings is 1. The molecule has 6 nitrogen and oxygen atoms in total. The minimum Gasteiger partial charge on any atom is -0.317 e. The summed E-state index contributed by atoms with van der Waals surface area (Å²) in [6.07, 6.45) is 5.93. The molecular weight excluding hydrogens is 278 g/mol. The van der Waals surface area contributed by atoms with Gasteiger partial charge in [0.05, 0.1) is 0 Å². The Labute approximate surface area is 129 Å². The number of pyridine rings is 1. The van der Waals surface area contributed by atoms with Crippen molar-refractivity contribution >= 4 is 11.7 Å². The fraction of sp³-hybridized carbons (Fsp3) is 0.438. The van der Waals surface area contributed by atoms with Crippen LogP contribution < -0.4 is 10.6 Å². The average molecular weight is 299 g/mol. The van der Waals surface area contributed by atoms with Gasteiger partial charge in [0.25, 0.3) is 5.91 Å². The van der Waals surface area contributed by atoms with Crippen LogP contribution in [0.5, 0.6) is 0 Å². The van der Waals surface area contributed by atoms with Crippen LogP contribution in [0.25, 0.3) is 0 Å². The zero-order chi connectivity index (χ0) is 15.5. The van der Waals surface area contributed by atoms with E-state index in [4.69, 9.17) is 0 Å². The van der Waals surface area contributed by atoms with E-state index in [0.717, 1.165) is 25.9 Å². The second-order valence-corrected chi connectivity index (χ2v) is 5.78. The molecule has 2 N–H and O–H groups in total. The third kappa shape index (κ3) is 3.17. The van der Waals surface area contributed by atoms with Crippen LogP contribution >= 0.6 is 0 Å².